The fourth-order valence-corrected chi connectivity index (χ4v) is 2.76. The van der Waals surface area contributed by atoms with Crippen LogP contribution in [0.4, 0.5) is 0 Å². The third-order valence-corrected chi connectivity index (χ3v) is 4.41. The van der Waals surface area contributed by atoms with Gasteiger partial charge in [-0.2, -0.15) is 0 Å². The van der Waals surface area contributed by atoms with Crippen molar-refractivity contribution in [3.8, 4) is 0 Å². The number of aromatic amines is 1. The summed E-state index contributed by atoms with van der Waals surface area (Å²) < 4.78 is 0. The second kappa shape index (κ2) is 13.0. The monoisotopic (exact) mass is 453 g/mol. The summed E-state index contributed by atoms with van der Waals surface area (Å²) >= 11 is 0. The van der Waals surface area contributed by atoms with Crippen molar-refractivity contribution in [2.24, 2.45) is 17.4 Å². The number of aromatic nitrogens is 2. The van der Waals surface area contributed by atoms with Crippen LogP contribution in [0.25, 0.3) is 0 Å². The Labute approximate surface area is 185 Å². The van der Waals surface area contributed by atoms with Crippen LogP contribution in [0.15, 0.2) is 12.5 Å². The molecule has 1 rings (SSSR count). The highest BCUT2D eigenvalue weighted by molar-refractivity contribution is 5.92. The van der Waals surface area contributed by atoms with Crippen molar-refractivity contribution >= 4 is 29.6 Å². The Morgan fingerprint density at radius 2 is 1.81 bits per heavy atom. The summed E-state index contributed by atoms with van der Waals surface area (Å²) in [4.78, 5) is 65.9. The summed E-state index contributed by atoms with van der Waals surface area (Å²) in [6.07, 6.45) is 3.06. The lowest BCUT2D eigenvalue weighted by molar-refractivity contribution is -0.142. The molecule has 0 bridgehead atoms. The fraction of sp³-hybridized carbons (Fsp3) is 0.579. The normalized spacial score (nSPS) is 13.6. The summed E-state index contributed by atoms with van der Waals surface area (Å²) in [6, 6.07) is -3.25. The molecule has 0 spiro atoms. The predicted molar refractivity (Wildman–Crippen MR) is 113 cm³/mol. The van der Waals surface area contributed by atoms with Crippen molar-refractivity contribution < 1.29 is 29.1 Å². The van der Waals surface area contributed by atoms with Crippen LogP contribution in [0.2, 0.25) is 0 Å². The molecule has 13 heteroatoms. The number of carboxylic acids is 1. The number of carbonyl (C=O) groups is 5. The zero-order valence-corrected chi connectivity index (χ0v) is 18.1. The van der Waals surface area contributed by atoms with Crippen molar-refractivity contribution in [3.63, 3.8) is 0 Å². The molecule has 178 valence electrons. The van der Waals surface area contributed by atoms with Gasteiger partial charge in [0, 0.05) is 24.7 Å². The van der Waals surface area contributed by atoms with Crippen molar-refractivity contribution in [1.82, 2.24) is 25.9 Å². The molecule has 9 N–H and O–H groups in total. The number of carboxylic acid groups (broad SMARTS) is 1. The molecule has 3 unspecified atom stereocenters. The molecule has 3 atom stereocenters. The molecule has 1 aromatic rings. The van der Waals surface area contributed by atoms with Crippen LogP contribution < -0.4 is 27.4 Å². The Hall–Kier alpha value is -3.48. The highest BCUT2D eigenvalue weighted by Crippen LogP contribution is 2.06. The minimum absolute atomic E-state index is 0.0195. The van der Waals surface area contributed by atoms with E-state index < -0.39 is 54.3 Å². The smallest absolute Gasteiger partial charge is 0.326 e. The first kappa shape index (κ1) is 26.6. The zero-order chi connectivity index (χ0) is 24.3. The van der Waals surface area contributed by atoms with Gasteiger partial charge in [0.25, 0.3) is 0 Å². The molecule has 0 aromatic carbocycles. The Kier molecular flexibility index (Phi) is 10.8. The summed E-state index contributed by atoms with van der Waals surface area (Å²) in [5.74, 6) is -3.79. The van der Waals surface area contributed by atoms with Crippen LogP contribution in [0.1, 0.15) is 38.8 Å². The van der Waals surface area contributed by atoms with Crippen LogP contribution in [-0.4, -0.2) is 69.3 Å². The summed E-state index contributed by atoms with van der Waals surface area (Å²) in [5.41, 5.74) is 11.2. The van der Waals surface area contributed by atoms with Crippen LogP contribution in [0.5, 0.6) is 0 Å². The lowest BCUT2D eigenvalue weighted by Crippen LogP contribution is -2.54. The third-order valence-electron chi connectivity index (χ3n) is 4.41. The van der Waals surface area contributed by atoms with E-state index in [0.717, 1.165) is 0 Å². The number of hydrogen-bond donors (Lipinski definition) is 7. The molecule has 0 aliphatic carbocycles. The summed E-state index contributed by atoms with van der Waals surface area (Å²) in [7, 11) is 0. The predicted octanol–water partition coefficient (Wildman–Crippen LogP) is -2.24. The molecule has 0 aliphatic heterocycles. The Bertz CT molecular complexity index is 796. The minimum Gasteiger partial charge on any atom is -0.480 e. The third kappa shape index (κ3) is 10.0. The molecule has 1 aromatic heterocycles. The number of nitrogens with two attached hydrogens (primary N) is 2. The Morgan fingerprint density at radius 1 is 1.12 bits per heavy atom. The van der Waals surface area contributed by atoms with Crippen molar-refractivity contribution in [2.45, 2.75) is 57.7 Å². The van der Waals surface area contributed by atoms with Gasteiger partial charge >= 0.3 is 5.97 Å². The van der Waals surface area contributed by atoms with Crippen LogP contribution >= 0.6 is 0 Å². The molecule has 0 radical (unpaired) electrons. The molecule has 0 aliphatic rings. The van der Waals surface area contributed by atoms with Gasteiger partial charge in [0.2, 0.25) is 23.6 Å². The maximum absolute atomic E-state index is 12.7. The average Bonchev–Trinajstić information content (AvgIpc) is 3.21. The SMILES string of the molecule is CC(C)CC(NC(=O)C(Cc1cnc[nH]1)NC(=O)CNC(=O)C(N)CCC(N)=O)C(=O)O. The maximum atomic E-state index is 12.7. The first-order valence-corrected chi connectivity index (χ1v) is 10.1. The lowest BCUT2D eigenvalue weighted by Gasteiger charge is -2.22. The highest BCUT2D eigenvalue weighted by Gasteiger charge is 2.28. The number of hydrogen-bond acceptors (Lipinski definition) is 7. The number of H-pyrrole nitrogens is 1. The molecular formula is C19H31N7O6. The molecule has 4 amide bonds. The van der Waals surface area contributed by atoms with E-state index in [1.54, 1.807) is 0 Å². The van der Waals surface area contributed by atoms with Crippen LogP contribution in [0.3, 0.4) is 0 Å². The highest BCUT2D eigenvalue weighted by atomic mass is 16.4. The molecule has 0 saturated heterocycles. The molecular weight excluding hydrogens is 422 g/mol. The molecule has 32 heavy (non-hydrogen) atoms. The zero-order valence-electron chi connectivity index (χ0n) is 18.1. The molecule has 13 nitrogen and oxygen atoms in total. The van der Waals surface area contributed by atoms with Crippen molar-refractivity contribution in [1.29, 1.82) is 0 Å². The Morgan fingerprint density at radius 3 is 2.34 bits per heavy atom. The van der Waals surface area contributed by atoms with Gasteiger partial charge in [0.15, 0.2) is 0 Å². The minimum atomic E-state index is -1.18. The number of carbonyl (C=O) groups excluding carboxylic acids is 4. The van der Waals surface area contributed by atoms with Crippen LogP contribution in [0, 0.1) is 5.92 Å². The first-order valence-electron chi connectivity index (χ1n) is 10.1. The topological polar surface area (TPSA) is 222 Å². The number of primary amides is 1. The van der Waals surface area contributed by atoms with Gasteiger partial charge in [-0.05, 0) is 18.8 Å². The van der Waals surface area contributed by atoms with E-state index in [1.165, 1.54) is 12.5 Å². The van der Waals surface area contributed by atoms with E-state index in [-0.39, 0.29) is 31.6 Å². The number of rotatable bonds is 14. The fourth-order valence-electron chi connectivity index (χ4n) is 2.76. The van der Waals surface area contributed by atoms with E-state index >= 15 is 0 Å². The number of aliphatic carboxylic acids is 1. The van der Waals surface area contributed by atoms with Gasteiger partial charge in [-0.3, -0.25) is 19.2 Å². The maximum Gasteiger partial charge on any atom is 0.326 e. The van der Waals surface area contributed by atoms with Gasteiger partial charge in [0.05, 0.1) is 18.9 Å². The average molecular weight is 454 g/mol. The van der Waals surface area contributed by atoms with E-state index in [9.17, 15) is 29.1 Å². The summed E-state index contributed by atoms with van der Waals surface area (Å²) in [5, 5.41) is 16.6. The van der Waals surface area contributed by atoms with E-state index in [2.05, 4.69) is 25.9 Å². The summed E-state index contributed by atoms with van der Waals surface area (Å²) in [6.45, 7) is 3.18. The first-order chi connectivity index (χ1) is 15.0. The number of nitrogens with one attached hydrogen (secondary N) is 4. The Balaban J connectivity index is 2.74. The van der Waals surface area contributed by atoms with Crippen LogP contribution in [-0.2, 0) is 30.4 Å². The number of amides is 4. The standard InChI is InChI=1S/C19H31N7O6/c1-10(2)5-14(19(31)32)26-18(30)13(6-11-7-22-9-24-11)25-16(28)8-23-17(29)12(20)3-4-15(21)27/h7,9-10,12-14H,3-6,8,20H2,1-2H3,(H2,21,27)(H,22,24)(H,23,29)(H,25,28)(H,26,30)(H,31,32). The van der Waals surface area contributed by atoms with Gasteiger partial charge in [-0.15, -0.1) is 0 Å². The largest absolute Gasteiger partial charge is 0.480 e. The van der Waals surface area contributed by atoms with Gasteiger partial charge < -0.3 is 37.5 Å². The van der Waals surface area contributed by atoms with E-state index in [0.29, 0.717) is 5.69 Å². The second-order valence-corrected chi connectivity index (χ2v) is 7.76. The lowest BCUT2D eigenvalue weighted by atomic mass is 10.0. The van der Waals surface area contributed by atoms with Gasteiger partial charge in [0.1, 0.15) is 12.1 Å². The second-order valence-electron chi connectivity index (χ2n) is 7.76. The molecule has 0 fully saturated rings. The number of nitrogens with zero attached hydrogens (tertiary/aromatic N) is 1. The van der Waals surface area contributed by atoms with Gasteiger partial charge in [-0.1, -0.05) is 13.8 Å². The molecule has 0 saturated carbocycles. The molecule has 1 heterocycles. The van der Waals surface area contributed by atoms with E-state index in [4.69, 9.17) is 11.5 Å². The quantitative estimate of drug-likeness (QED) is 0.163. The van der Waals surface area contributed by atoms with Gasteiger partial charge in [-0.25, -0.2) is 9.78 Å². The number of imidazole rings is 1. The van der Waals surface area contributed by atoms with Crippen molar-refractivity contribution in [3.05, 3.63) is 18.2 Å². The van der Waals surface area contributed by atoms with Crippen molar-refractivity contribution in [2.75, 3.05) is 6.54 Å². The van der Waals surface area contributed by atoms with E-state index in [1.807, 2.05) is 13.8 Å².